The van der Waals surface area contributed by atoms with Gasteiger partial charge in [0, 0.05) is 7.11 Å². The number of methoxy groups -OCH3 is 1. The van der Waals surface area contributed by atoms with Gasteiger partial charge in [0.15, 0.2) is 0 Å². The SMILES string of the molecule is COC[C@H](N)C=O. The summed E-state index contributed by atoms with van der Waals surface area (Å²) in [5, 5.41) is 0. The van der Waals surface area contributed by atoms with Gasteiger partial charge in [-0.3, -0.25) is 0 Å². The number of ether oxygens (including phenoxy) is 1. The first-order valence-corrected chi connectivity index (χ1v) is 2.01. The van der Waals surface area contributed by atoms with Gasteiger partial charge >= 0.3 is 0 Å². The minimum atomic E-state index is -0.454. The quantitative estimate of drug-likeness (QED) is 0.474. The van der Waals surface area contributed by atoms with Crippen LogP contribution in [-0.4, -0.2) is 26.0 Å². The maximum absolute atomic E-state index is 9.69. The van der Waals surface area contributed by atoms with E-state index in [1.807, 2.05) is 0 Å². The van der Waals surface area contributed by atoms with E-state index in [2.05, 4.69) is 4.74 Å². The van der Waals surface area contributed by atoms with Crippen LogP contribution >= 0.6 is 0 Å². The van der Waals surface area contributed by atoms with Crippen LogP contribution < -0.4 is 5.73 Å². The van der Waals surface area contributed by atoms with Gasteiger partial charge in [-0.2, -0.15) is 0 Å². The van der Waals surface area contributed by atoms with Gasteiger partial charge in [-0.1, -0.05) is 0 Å². The summed E-state index contributed by atoms with van der Waals surface area (Å²) >= 11 is 0. The lowest BCUT2D eigenvalue weighted by atomic mass is 10.4. The van der Waals surface area contributed by atoms with Crippen molar-refractivity contribution in [3.63, 3.8) is 0 Å². The van der Waals surface area contributed by atoms with E-state index in [4.69, 9.17) is 5.73 Å². The highest BCUT2D eigenvalue weighted by Crippen LogP contribution is 1.69. The molecule has 1 atom stereocenters. The van der Waals surface area contributed by atoms with Crippen molar-refractivity contribution in [1.82, 2.24) is 0 Å². The fourth-order valence-corrected chi connectivity index (χ4v) is 0.232. The molecule has 0 amide bonds. The van der Waals surface area contributed by atoms with E-state index < -0.39 is 6.04 Å². The molecule has 0 unspecified atom stereocenters. The largest absolute Gasteiger partial charge is 0.383 e. The van der Waals surface area contributed by atoms with Crippen LogP contribution in [0.4, 0.5) is 0 Å². The number of rotatable bonds is 3. The van der Waals surface area contributed by atoms with Crippen molar-refractivity contribution < 1.29 is 9.53 Å². The standard InChI is InChI=1S/C4H9NO2/c1-7-3-4(5)2-6/h2,4H,3,5H2,1H3/t4-/m1/s1. The smallest absolute Gasteiger partial charge is 0.139 e. The summed E-state index contributed by atoms with van der Waals surface area (Å²) in [4.78, 5) is 9.69. The maximum Gasteiger partial charge on any atom is 0.139 e. The molecular formula is C4H9NO2. The van der Waals surface area contributed by atoms with Crippen LogP contribution in [0.15, 0.2) is 0 Å². The molecule has 0 saturated carbocycles. The summed E-state index contributed by atoms with van der Waals surface area (Å²) in [6.07, 6.45) is 0.656. The van der Waals surface area contributed by atoms with Gasteiger partial charge in [0.25, 0.3) is 0 Å². The molecule has 0 aliphatic heterocycles. The van der Waals surface area contributed by atoms with E-state index in [0.29, 0.717) is 12.9 Å². The van der Waals surface area contributed by atoms with Gasteiger partial charge in [-0.05, 0) is 0 Å². The number of carbonyl (C=O) groups is 1. The van der Waals surface area contributed by atoms with E-state index in [-0.39, 0.29) is 0 Å². The van der Waals surface area contributed by atoms with E-state index in [0.717, 1.165) is 0 Å². The van der Waals surface area contributed by atoms with E-state index in [1.54, 1.807) is 0 Å². The second-order valence-electron chi connectivity index (χ2n) is 1.26. The van der Waals surface area contributed by atoms with Crippen LogP contribution in [0.2, 0.25) is 0 Å². The number of aldehydes is 1. The molecule has 0 fully saturated rings. The first-order chi connectivity index (χ1) is 3.31. The van der Waals surface area contributed by atoms with Crippen LogP contribution in [0.25, 0.3) is 0 Å². The molecule has 0 heterocycles. The van der Waals surface area contributed by atoms with Gasteiger partial charge in [-0.15, -0.1) is 0 Å². The van der Waals surface area contributed by atoms with Gasteiger partial charge < -0.3 is 15.3 Å². The average molecular weight is 103 g/mol. The van der Waals surface area contributed by atoms with Crippen molar-refractivity contribution in [3.8, 4) is 0 Å². The zero-order valence-corrected chi connectivity index (χ0v) is 4.26. The number of hydrogen-bond donors (Lipinski definition) is 1. The van der Waals surface area contributed by atoms with E-state index in [9.17, 15) is 4.79 Å². The molecule has 0 aliphatic rings. The van der Waals surface area contributed by atoms with Crippen molar-refractivity contribution in [2.45, 2.75) is 6.04 Å². The Kier molecular flexibility index (Phi) is 3.55. The summed E-state index contributed by atoms with van der Waals surface area (Å²) in [5.41, 5.74) is 5.09. The predicted octanol–water partition coefficient (Wildman–Crippen LogP) is -0.841. The third-order valence-corrected chi connectivity index (χ3v) is 0.534. The molecule has 2 N–H and O–H groups in total. The Balaban J connectivity index is 2.98. The Morgan fingerprint density at radius 2 is 2.57 bits per heavy atom. The minimum Gasteiger partial charge on any atom is -0.383 e. The minimum absolute atomic E-state index is 0.309. The Bertz CT molecular complexity index is 55.7. The van der Waals surface area contributed by atoms with E-state index in [1.165, 1.54) is 7.11 Å². The second kappa shape index (κ2) is 3.77. The summed E-state index contributed by atoms with van der Waals surface area (Å²) in [6.45, 7) is 0.309. The molecule has 0 aromatic carbocycles. The highest BCUT2D eigenvalue weighted by atomic mass is 16.5. The molecule has 7 heavy (non-hydrogen) atoms. The molecule has 3 heteroatoms. The molecule has 0 radical (unpaired) electrons. The summed E-state index contributed by atoms with van der Waals surface area (Å²) in [7, 11) is 1.50. The van der Waals surface area contributed by atoms with Gasteiger partial charge in [-0.25, -0.2) is 0 Å². The molecular weight excluding hydrogens is 94.0 g/mol. The molecule has 0 aromatic heterocycles. The molecule has 0 rings (SSSR count). The van der Waals surface area contributed by atoms with E-state index >= 15 is 0 Å². The Morgan fingerprint density at radius 3 is 2.71 bits per heavy atom. The van der Waals surface area contributed by atoms with Gasteiger partial charge in [0.05, 0.1) is 12.6 Å². The first kappa shape index (κ1) is 6.59. The third-order valence-electron chi connectivity index (χ3n) is 0.534. The van der Waals surface area contributed by atoms with Crippen LogP contribution in [0.1, 0.15) is 0 Å². The lowest BCUT2D eigenvalue weighted by molar-refractivity contribution is -0.109. The molecule has 3 nitrogen and oxygen atoms in total. The fraction of sp³-hybridized carbons (Fsp3) is 0.750. The second-order valence-corrected chi connectivity index (χ2v) is 1.26. The monoisotopic (exact) mass is 103 g/mol. The topological polar surface area (TPSA) is 52.3 Å². The van der Waals surface area contributed by atoms with Crippen molar-refractivity contribution in [2.24, 2.45) is 5.73 Å². The lowest BCUT2D eigenvalue weighted by Crippen LogP contribution is -2.26. The fourth-order valence-electron chi connectivity index (χ4n) is 0.232. The summed E-state index contributed by atoms with van der Waals surface area (Å²) < 4.78 is 4.54. The Labute approximate surface area is 42.4 Å². The Morgan fingerprint density at radius 1 is 2.00 bits per heavy atom. The highest BCUT2D eigenvalue weighted by molar-refractivity contribution is 5.56. The van der Waals surface area contributed by atoms with Crippen molar-refractivity contribution >= 4 is 6.29 Å². The zero-order chi connectivity index (χ0) is 5.70. The van der Waals surface area contributed by atoms with Crippen LogP contribution in [-0.2, 0) is 9.53 Å². The third kappa shape index (κ3) is 3.42. The number of carbonyl (C=O) groups excluding carboxylic acids is 1. The molecule has 0 aromatic rings. The molecule has 42 valence electrons. The Hall–Kier alpha value is -0.410. The summed E-state index contributed by atoms with van der Waals surface area (Å²) in [6, 6.07) is -0.454. The molecule has 0 bridgehead atoms. The number of hydrogen-bond acceptors (Lipinski definition) is 3. The van der Waals surface area contributed by atoms with Gasteiger partial charge in [0.1, 0.15) is 6.29 Å². The van der Waals surface area contributed by atoms with Gasteiger partial charge in [0.2, 0.25) is 0 Å². The molecule has 0 spiro atoms. The highest BCUT2D eigenvalue weighted by Gasteiger charge is 1.93. The summed E-state index contributed by atoms with van der Waals surface area (Å²) in [5.74, 6) is 0. The maximum atomic E-state index is 9.69. The predicted molar refractivity (Wildman–Crippen MR) is 25.9 cm³/mol. The normalized spacial score (nSPS) is 13.4. The molecule has 0 saturated heterocycles. The average Bonchev–Trinajstić information content (AvgIpc) is 1.68. The number of nitrogens with two attached hydrogens (primary N) is 1. The van der Waals surface area contributed by atoms with Crippen LogP contribution in [0.5, 0.6) is 0 Å². The lowest BCUT2D eigenvalue weighted by Gasteiger charge is -1.97. The van der Waals surface area contributed by atoms with Crippen LogP contribution in [0.3, 0.4) is 0 Å². The molecule has 0 aliphatic carbocycles. The van der Waals surface area contributed by atoms with Crippen molar-refractivity contribution in [3.05, 3.63) is 0 Å². The van der Waals surface area contributed by atoms with Crippen molar-refractivity contribution in [2.75, 3.05) is 13.7 Å². The van der Waals surface area contributed by atoms with Crippen molar-refractivity contribution in [1.29, 1.82) is 0 Å². The first-order valence-electron chi connectivity index (χ1n) is 2.01. The van der Waals surface area contributed by atoms with Crippen LogP contribution in [0, 0.1) is 0 Å². The zero-order valence-electron chi connectivity index (χ0n) is 4.26.